The quantitative estimate of drug-likeness (QED) is 0.428. The first-order valence-electron chi connectivity index (χ1n) is 3.99. The minimum Gasteiger partial charge on any atom is -0.396 e. The first-order chi connectivity index (χ1) is 6.49. The van der Waals surface area contributed by atoms with Crippen molar-refractivity contribution in [3.63, 3.8) is 0 Å². The van der Waals surface area contributed by atoms with Gasteiger partial charge in [-0.15, -0.1) is 0 Å². The number of nitrogen functional groups attached to an aromatic ring is 2. The summed E-state index contributed by atoms with van der Waals surface area (Å²) in [5.74, 6) is -0.718. The van der Waals surface area contributed by atoms with E-state index in [1.165, 1.54) is 0 Å². The number of nitrogens with two attached hydrogens (primary N) is 2. The summed E-state index contributed by atoms with van der Waals surface area (Å²) >= 11 is 0. The highest BCUT2D eigenvalue weighted by Gasteiger charge is 2.22. The average Bonchev–Trinajstić information content (AvgIpc) is 2.09. The molecule has 0 aliphatic heterocycles. The lowest BCUT2D eigenvalue weighted by Gasteiger charge is -2.07. The van der Waals surface area contributed by atoms with Gasteiger partial charge in [-0.25, -0.2) is 4.39 Å². The number of hydrogen-bond acceptors (Lipinski definition) is 4. The molecule has 14 heavy (non-hydrogen) atoms. The number of rotatable bonds is 2. The maximum Gasteiger partial charge on any atom is 0.297 e. The van der Waals surface area contributed by atoms with Gasteiger partial charge in [0.25, 0.3) is 5.69 Å². The topological polar surface area (TPSA) is 95.2 Å². The normalized spacial score (nSPS) is 10.1. The van der Waals surface area contributed by atoms with Crippen LogP contribution in [0.4, 0.5) is 21.5 Å². The summed E-state index contributed by atoms with van der Waals surface area (Å²) in [6.45, 7) is 1.65. The first kappa shape index (κ1) is 10.2. The molecule has 76 valence electrons. The van der Waals surface area contributed by atoms with Crippen LogP contribution in [0.3, 0.4) is 0 Å². The van der Waals surface area contributed by atoms with Crippen LogP contribution >= 0.6 is 0 Å². The van der Waals surface area contributed by atoms with Crippen molar-refractivity contribution in [2.75, 3.05) is 11.5 Å². The molecule has 0 fully saturated rings. The highest BCUT2D eigenvalue weighted by atomic mass is 19.1. The highest BCUT2D eigenvalue weighted by Crippen LogP contribution is 2.33. The van der Waals surface area contributed by atoms with Gasteiger partial charge in [0, 0.05) is 6.07 Å². The summed E-state index contributed by atoms with van der Waals surface area (Å²) in [5.41, 5.74) is 10.1. The van der Waals surface area contributed by atoms with Gasteiger partial charge < -0.3 is 11.5 Å². The number of anilines is 2. The summed E-state index contributed by atoms with van der Waals surface area (Å²) in [6, 6.07) is 0.868. The minimum absolute atomic E-state index is 0.146. The van der Waals surface area contributed by atoms with Crippen LogP contribution in [0.5, 0.6) is 0 Å². The molecule has 0 aliphatic carbocycles. The molecule has 1 aromatic rings. The van der Waals surface area contributed by atoms with Crippen molar-refractivity contribution in [2.24, 2.45) is 0 Å². The van der Waals surface area contributed by atoms with Crippen molar-refractivity contribution in [3.8, 4) is 0 Å². The molecule has 0 aliphatic rings. The second-order valence-electron chi connectivity index (χ2n) is 2.80. The predicted octanol–water partition coefficient (Wildman–Crippen LogP) is 1.46. The van der Waals surface area contributed by atoms with Crippen LogP contribution in [-0.2, 0) is 6.42 Å². The molecule has 0 unspecified atom stereocenters. The molecule has 0 bridgehead atoms. The fourth-order valence-corrected chi connectivity index (χ4v) is 1.30. The van der Waals surface area contributed by atoms with Crippen molar-refractivity contribution in [1.82, 2.24) is 0 Å². The lowest BCUT2D eigenvalue weighted by atomic mass is 10.1. The Balaban J connectivity index is 3.55. The Kier molecular flexibility index (Phi) is 2.55. The largest absolute Gasteiger partial charge is 0.396 e. The molecule has 0 aromatic heterocycles. The number of benzene rings is 1. The molecule has 4 N–H and O–H groups in total. The number of nitro groups is 1. The Hall–Kier alpha value is -1.85. The standard InChI is InChI=1S/C8H10FN3O2/c1-2-4-7(11)5(9)3-6(10)8(4)12(13)14/h3H,2,10-11H2,1H3. The van der Waals surface area contributed by atoms with E-state index in [0.29, 0.717) is 0 Å². The highest BCUT2D eigenvalue weighted by molar-refractivity contribution is 5.71. The summed E-state index contributed by atoms with van der Waals surface area (Å²) in [7, 11) is 0. The number of nitro benzene ring substituents is 1. The van der Waals surface area contributed by atoms with Crippen LogP contribution in [0.1, 0.15) is 12.5 Å². The van der Waals surface area contributed by atoms with E-state index in [1.54, 1.807) is 6.92 Å². The zero-order chi connectivity index (χ0) is 10.9. The molecule has 6 heteroatoms. The average molecular weight is 199 g/mol. The molecule has 0 saturated heterocycles. The maximum absolute atomic E-state index is 13.0. The number of halogens is 1. The minimum atomic E-state index is -0.718. The van der Waals surface area contributed by atoms with Crippen LogP contribution in [0.25, 0.3) is 0 Å². The monoisotopic (exact) mass is 199 g/mol. The van der Waals surface area contributed by atoms with Crippen LogP contribution in [0.15, 0.2) is 6.07 Å². The summed E-state index contributed by atoms with van der Waals surface area (Å²) < 4.78 is 13.0. The van der Waals surface area contributed by atoms with E-state index >= 15 is 0 Å². The van der Waals surface area contributed by atoms with E-state index in [-0.39, 0.29) is 29.0 Å². The molecule has 1 aromatic carbocycles. The van der Waals surface area contributed by atoms with E-state index in [2.05, 4.69) is 0 Å². The Bertz CT molecular complexity index is 393. The SMILES string of the molecule is CCc1c(N)c(F)cc(N)c1[N+](=O)[O-]. The molecule has 0 saturated carbocycles. The van der Waals surface area contributed by atoms with E-state index in [9.17, 15) is 14.5 Å². The van der Waals surface area contributed by atoms with E-state index < -0.39 is 10.7 Å². The lowest BCUT2D eigenvalue weighted by Crippen LogP contribution is -2.06. The Morgan fingerprint density at radius 3 is 2.57 bits per heavy atom. The van der Waals surface area contributed by atoms with Crippen molar-refractivity contribution in [2.45, 2.75) is 13.3 Å². The molecular formula is C8H10FN3O2. The van der Waals surface area contributed by atoms with E-state index in [4.69, 9.17) is 11.5 Å². The van der Waals surface area contributed by atoms with Gasteiger partial charge in [0.1, 0.15) is 11.5 Å². The van der Waals surface area contributed by atoms with Crippen LogP contribution in [-0.4, -0.2) is 4.92 Å². The smallest absolute Gasteiger partial charge is 0.297 e. The van der Waals surface area contributed by atoms with Gasteiger partial charge >= 0.3 is 0 Å². The van der Waals surface area contributed by atoms with Crippen molar-refractivity contribution >= 4 is 17.1 Å². The van der Waals surface area contributed by atoms with Crippen molar-refractivity contribution in [1.29, 1.82) is 0 Å². The van der Waals surface area contributed by atoms with Gasteiger partial charge in [-0.1, -0.05) is 6.92 Å². The van der Waals surface area contributed by atoms with E-state index in [1.807, 2.05) is 0 Å². The van der Waals surface area contributed by atoms with Gasteiger partial charge in [0.15, 0.2) is 0 Å². The molecule has 0 amide bonds. The van der Waals surface area contributed by atoms with Gasteiger partial charge in [-0.3, -0.25) is 10.1 Å². The second-order valence-corrected chi connectivity index (χ2v) is 2.80. The predicted molar refractivity (Wildman–Crippen MR) is 51.3 cm³/mol. The van der Waals surface area contributed by atoms with Gasteiger partial charge in [-0.05, 0) is 6.42 Å². The van der Waals surface area contributed by atoms with Crippen LogP contribution < -0.4 is 11.5 Å². The van der Waals surface area contributed by atoms with Crippen molar-refractivity contribution < 1.29 is 9.31 Å². The van der Waals surface area contributed by atoms with Crippen molar-refractivity contribution in [3.05, 3.63) is 27.6 Å². The molecule has 0 atom stereocenters. The summed E-state index contributed by atoms with van der Waals surface area (Å²) in [4.78, 5) is 9.96. The summed E-state index contributed by atoms with van der Waals surface area (Å²) in [5, 5.41) is 10.6. The lowest BCUT2D eigenvalue weighted by molar-refractivity contribution is -0.384. The molecule has 0 radical (unpaired) electrons. The maximum atomic E-state index is 13.0. The van der Waals surface area contributed by atoms with Gasteiger partial charge in [-0.2, -0.15) is 0 Å². The Morgan fingerprint density at radius 2 is 2.14 bits per heavy atom. The molecule has 5 nitrogen and oxygen atoms in total. The molecule has 0 spiro atoms. The van der Waals surface area contributed by atoms with Crippen LogP contribution in [0, 0.1) is 15.9 Å². The fourth-order valence-electron chi connectivity index (χ4n) is 1.30. The van der Waals surface area contributed by atoms with Gasteiger partial charge in [0.2, 0.25) is 0 Å². The third-order valence-electron chi connectivity index (χ3n) is 1.96. The molecule has 1 rings (SSSR count). The molecule has 0 heterocycles. The summed E-state index contributed by atoms with van der Waals surface area (Å²) in [6.07, 6.45) is 0.268. The third-order valence-corrected chi connectivity index (χ3v) is 1.96. The Morgan fingerprint density at radius 1 is 1.57 bits per heavy atom. The zero-order valence-electron chi connectivity index (χ0n) is 7.58. The molecular weight excluding hydrogens is 189 g/mol. The van der Waals surface area contributed by atoms with Gasteiger partial charge in [0.05, 0.1) is 16.2 Å². The second kappa shape index (κ2) is 3.49. The fraction of sp³-hybridized carbons (Fsp3) is 0.250. The number of hydrogen-bond donors (Lipinski definition) is 2. The van der Waals surface area contributed by atoms with E-state index in [0.717, 1.165) is 6.07 Å². The zero-order valence-corrected chi connectivity index (χ0v) is 7.58. The number of nitrogens with zero attached hydrogens (tertiary/aromatic N) is 1. The first-order valence-corrected chi connectivity index (χ1v) is 3.99. The van der Waals surface area contributed by atoms with Crippen LogP contribution in [0.2, 0.25) is 0 Å². The third kappa shape index (κ3) is 1.46. The Labute approximate surface area is 79.7 Å².